The van der Waals surface area contributed by atoms with Crippen LogP contribution in [0, 0.1) is 6.92 Å². The summed E-state index contributed by atoms with van der Waals surface area (Å²) in [6, 6.07) is 15.2. The highest BCUT2D eigenvalue weighted by Gasteiger charge is 2.07. The van der Waals surface area contributed by atoms with Gasteiger partial charge in [-0.05, 0) is 32.0 Å². The maximum atomic E-state index is 12.0. The van der Waals surface area contributed by atoms with Crippen molar-refractivity contribution in [3.63, 3.8) is 0 Å². The average Bonchev–Trinajstić information content (AvgIpc) is 2.56. The number of rotatable bonds is 8. The number of anilines is 1. The molecule has 5 heteroatoms. The van der Waals surface area contributed by atoms with Crippen molar-refractivity contribution in [2.45, 2.75) is 26.5 Å². The SMILES string of the molecule is Cc1ccc(NC(=O)COc2ccccc2CNC[C@@H](C)O)cc1. The van der Waals surface area contributed by atoms with Gasteiger partial charge < -0.3 is 20.5 Å². The van der Waals surface area contributed by atoms with Crippen molar-refractivity contribution < 1.29 is 14.6 Å². The Bertz CT molecular complexity index is 654. The highest BCUT2D eigenvalue weighted by molar-refractivity contribution is 5.91. The first-order valence-corrected chi connectivity index (χ1v) is 8.00. The standard InChI is InChI=1S/C19H24N2O3/c1-14-7-9-17(10-8-14)21-19(23)13-24-18-6-4-3-5-16(18)12-20-11-15(2)22/h3-10,15,20,22H,11-13H2,1-2H3,(H,21,23)/t15-/m1/s1. The Hall–Kier alpha value is -2.37. The predicted octanol–water partition coefficient (Wildman–Crippen LogP) is 2.48. The van der Waals surface area contributed by atoms with Gasteiger partial charge in [0.2, 0.25) is 0 Å². The van der Waals surface area contributed by atoms with Gasteiger partial charge in [0, 0.05) is 24.3 Å². The topological polar surface area (TPSA) is 70.6 Å². The van der Waals surface area contributed by atoms with E-state index < -0.39 is 6.10 Å². The second-order valence-corrected chi connectivity index (χ2v) is 5.79. The first-order valence-electron chi connectivity index (χ1n) is 8.00. The highest BCUT2D eigenvalue weighted by atomic mass is 16.5. The van der Waals surface area contributed by atoms with E-state index in [-0.39, 0.29) is 12.5 Å². The van der Waals surface area contributed by atoms with Crippen LogP contribution in [0.3, 0.4) is 0 Å². The number of nitrogens with one attached hydrogen (secondary N) is 2. The lowest BCUT2D eigenvalue weighted by Crippen LogP contribution is -2.24. The summed E-state index contributed by atoms with van der Waals surface area (Å²) in [6.07, 6.45) is -0.404. The molecule has 0 unspecified atom stereocenters. The zero-order valence-corrected chi connectivity index (χ0v) is 14.1. The molecule has 0 aromatic heterocycles. The monoisotopic (exact) mass is 328 g/mol. The second-order valence-electron chi connectivity index (χ2n) is 5.79. The molecule has 0 aliphatic heterocycles. The van der Waals surface area contributed by atoms with Crippen molar-refractivity contribution in [1.82, 2.24) is 5.32 Å². The molecule has 2 aromatic rings. The number of ether oxygens (including phenoxy) is 1. The van der Waals surface area contributed by atoms with E-state index in [2.05, 4.69) is 10.6 Å². The molecular weight excluding hydrogens is 304 g/mol. The van der Waals surface area contributed by atoms with Gasteiger partial charge in [0.25, 0.3) is 5.91 Å². The van der Waals surface area contributed by atoms with Gasteiger partial charge in [-0.3, -0.25) is 4.79 Å². The van der Waals surface area contributed by atoms with Crippen LogP contribution in [0.5, 0.6) is 5.75 Å². The molecule has 128 valence electrons. The smallest absolute Gasteiger partial charge is 0.262 e. The number of amides is 1. The second kappa shape index (κ2) is 9.05. The number of aryl methyl sites for hydroxylation is 1. The molecule has 1 amide bonds. The van der Waals surface area contributed by atoms with Gasteiger partial charge in [0.05, 0.1) is 6.10 Å². The van der Waals surface area contributed by atoms with Gasteiger partial charge in [0.1, 0.15) is 5.75 Å². The lowest BCUT2D eigenvalue weighted by Gasteiger charge is -2.13. The summed E-state index contributed by atoms with van der Waals surface area (Å²) in [5.41, 5.74) is 2.84. The highest BCUT2D eigenvalue weighted by Crippen LogP contribution is 2.18. The van der Waals surface area contributed by atoms with Crippen LogP contribution in [0.2, 0.25) is 0 Å². The summed E-state index contributed by atoms with van der Waals surface area (Å²) in [6.45, 7) is 4.74. The fourth-order valence-corrected chi connectivity index (χ4v) is 2.18. The molecule has 24 heavy (non-hydrogen) atoms. The number of hydrogen-bond donors (Lipinski definition) is 3. The van der Waals surface area contributed by atoms with Crippen LogP contribution < -0.4 is 15.4 Å². The van der Waals surface area contributed by atoms with E-state index >= 15 is 0 Å². The van der Waals surface area contributed by atoms with Crippen molar-refractivity contribution in [2.24, 2.45) is 0 Å². The minimum Gasteiger partial charge on any atom is -0.483 e. The van der Waals surface area contributed by atoms with Gasteiger partial charge in [-0.1, -0.05) is 35.9 Å². The molecule has 0 radical (unpaired) electrons. The van der Waals surface area contributed by atoms with Crippen LogP contribution in [0.15, 0.2) is 48.5 Å². The van der Waals surface area contributed by atoms with Gasteiger partial charge in [-0.2, -0.15) is 0 Å². The first kappa shape index (κ1) is 18.0. The minimum atomic E-state index is -0.404. The third-order valence-electron chi connectivity index (χ3n) is 3.42. The quantitative estimate of drug-likeness (QED) is 0.696. The molecule has 0 bridgehead atoms. The van der Waals surface area contributed by atoms with Crippen LogP contribution in [-0.2, 0) is 11.3 Å². The minimum absolute atomic E-state index is 0.0543. The zero-order valence-electron chi connectivity index (χ0n) is 14.1. The lowest BCUT2D eigenvalue weighted by molar-refractivity contribution is -0.118. The third kappa shape index (κ3) is 6.02. The van der Waals surface area contributed by atoms with Crippen LogP contribution in [0.1, 0.15) is 18.1 Å². The Morgan fingerprint density at radius 2 is 1.88 bits per heavy atom. The van der Waals surface area contributed by atoms with Crippen molar-refractivity contribution in [2.75, 3.05) is 18.5 Å². The maximum absolute atomic E-state index is 12.0. The number of carbonyl (C=O) groups is 1. The van der Waals surface area contributed by atoms with E-state index in [9.17, 15) is 9.90 Å². The van der Waals surface area contributed by atoms with E-state index in [1.54, 1.807) is 6.92 Å². The number of aliphatic hydroxyl groups is 1. The molecule has 0 heterocycles. The van der Waals surface area contributed by atoms with Crippen LogP contribution in [0.4, 0.5) is 5.69 Å². The summed E-state index contributed by atoms with van der Waals surface area (Å²) < 4.78 is 5.64. The number of carbonyl (C=O) groups excluding carboxylic acids is 1. The van der Waals surface area contributed by atoms with E-state index in [4.69, 9.17) is 4.74 Å². The molecule has 0 spiro atoms. The Labute approximate surface area is 142 Å². The molecule has 3 N–H and O–H groups in total. The fraction of sp³-hybridized carbons (Fsp3) is 0.316. The molecule has 5 nitrogen and oxygen atoms in total. The average molecular weight is 328 g/mol. The summed E-state index contributed by atoms with van der Waals surface area (Å²) >= 11 is 0. The van der Waals surface area contributed by atoms with E-state index in [0.717, 1.165) is 16.8 Å². The molecule has 1 atom stereocenters. The Morgan fingerprint density at radius 1 is 1.17 bits per heavy atom. The molecule has 2 rings (SSSR count). The van der Waals surface area contributed by atoms with E-state index in [1.165, 1.54) is 0 Å². The van der Waals surface area contributed by atoms with Crippen molar-refractivity contribution in [3.05, 3.63) is 59.7 Å². The number of hydrogen-bond acceptors (Lipinski definition) is 4. The maximum Gasteiger partial charge on any atom is 0.262 e. The van der Waals surface area contributed by atoms with Crippen LogP contribution >= 0.6 is 0 Å². The Kier molecular flexibility index (Phi) is 6.78. The Balaban J connectivity index is 1.86. The molecule has 0 saturated heterocycles. The molecule has 0 aliphatic rings. The fourth-order valence-electron chi connectivity index (χ4n) is 2.18. The summed E-state index contributed by atoms with van der Waals surface area (Å²) in [7, 11) is 0. The molecule has 2 aromatic carbocycles. The molecule has 0 aliphatic carbocycles. The van der Waals surface area contributed by atoms with Crippen LogP contribution in [0.25, 0.3) is 0 Å². The van der Waals surface area contributed by atoms with E-state index in [0.29, 0.717) is 18.8 Å². The predicted molar refractivity (Wildman–Crippen MR) is 95.1 cm³/mol. The Morgan fingerprint density at radius 3 is 2.58 bits per heavy atom. The lowest BCUT2D eigenvalue weighted by atomic mass is 10.2. The van der Waals surface area contributed by atoms with Crippen molar-refractivity contribution in [1.29, 1.82) is 0 Å². The number of aliphatic hydroxyl groups excluding tert-OH is 1. The first-order chi connectivity index (χ1) is 11.5. The summed E-state index contributed by atoms with van der Waals surface area (Å²) in [5.74, 6) is 0.459. The third-order valence-corrected chi connectivity index (χ3v) is 3.42. The van der Waals surface area contributed by atoms with Crippen LogP contribution in [-0.4, -0.2) is 30.3 Å². The molecular formula is C19H24N2O3. The summed E-state index contributed by atoms with van der Waals surface area (Å²) in [4.78, 5) is 12.0. The van der Waals surface area contributed by atoms with Crippen molar-refractivity contribution in [3.8, 4) is 5.75 Å². The van der Waals surface area contributed by atoms with E-state index in [1.807, 2.05) is 55.5 Å². The summed E-state index contributed by atoms with van der Waals surface area (Å²) in [5, 5.41) is 15.2. The van der Waals surface area contributed by atoms with Gasteiger partial charge in [-0.15, -0.1) is 0 Å². The number of benzene rings is 2. The number of para-hydroxylation sites is 1. The molecule has 0 fully saturated rings. The molecule has 0 saturated carbocycles. The van der Waals surface area contributed by atoms with Crippen molar-refractivity contribution >= 4 is 11.6 Å². The largest absolute Gasteiger partial charge is 0.483 e. The normalized spacial score (nSPS) is 11.8. The van der Waals surface area contributed by atoms with Gasteiger partial charge in [0.15, 0.2) is 6.61 Å². The van der Waals surface area contributed by atoms with Gasteiger partial charge >= 0.3 is 0 Å². The van der Waals surface area contributed by atoms with Gasteiger partial charge in [-0.25, -0.2) is 0 Å². The zero-order chi connectivity index (χ0) is 17.4.